The average Bonchev–Trinajstić information content (AvgIpc) is 3.28. The van der Waals surface area contributed by atoms with Gasteiger partial charge in [0, 0.05) is 16.5 Å². The van der Waals surface area contributed by atoms with E-state index in [0.717, 1.165) is 22.1 Å². The van der Waals surface area contributed by atoms with Crippen molar-refractivity contribution in [3.05, 3.63) is 96.1 Å². The standard InChI is InChI=1S/C27H25NO5/c29-17-23(15-22(27(31)32)14-18-6-2-1-3-7-18)28-26(30)20-12-10-19(11-13-20)25-16-21-8-4-5-9-24(21)33-25/h1-13,16,22-23,29H,14-15,17H2,(H,28,30)(H,31,32)/t22-,23+/m1/s1. The van der Waals surface area contributed by atoms with Crippen LogP contribution in [0.4, 0.5) is 0 Å². The second-order valence-corrected chi connectivity index (χ2v) is 8.04. The monoisotopic (exact) mass is 443 g/mol. The summed E-state index contributed by atoms with van der Waals surface area (Å²) in [7, 11) is 0. The van der Waals surface area contributed by atoms with E-state index in [4.69, 9.17) is 4.42 Å². The number of nitrogens with one attached hydrogen (secondary N) is 1. The largest absolute Gasteiger partial charge is 0.481 e. The van der Waals surface area contributed by atoms with Crippen LogP contribution in [-0.4, -0.2) is 34.7 Å². The SMILES string of the molecule is O=C(N[C@H](CO)C[C@@H](Cc1ccccc1)C(=O)O)c1ccc(-c2cc3ccccc3o2)cc1. The van der Waals surface area contributed by atoms with Crippen molar-refractivity contribution >= 4 is 22.8 Å². The molecule has 0 aliphatic carbocycles. The van der Waals surface area contributed by atoms with Gasteiger partial charge in [-0.1, -0.05) is 60.7 Å². The van der Waals surface area contributed by atoms with Crippen molar-refractivity contribution in [2.45, 2.75) is 18.9 Å². The number of rotatable bonds is 9. The second-order valence-electron chi connectivity index (χ2n) is 8.04. The smallest absolute Gasteiger partial charge is 0.306 e. The highest BCUT2D eigenvalue weighted by atomic mass is 16.4. The Bertz CT molecular complexity index is 1200. The number of carboxylic acid groups (broad SMARTS) is 1. The Labute approximate surface area is 191 Å². The van der Waals surface area contributed by atoms with Crippen molar-refractivity contribution in [3.63, 3.8) is 0 Å². The molecule has 33 heavy (non-hydrogen) atoms. The molecule has 168 valence electrons. The van der Waals surface area contributed by atoms with E-state index in [0.29, 0.717) is 17.7 Å². The molecule has 0 aliphatic rings. The second kappa shape index (κ2) is 10.1. The zero-order valence-corrected chi connectivity index (χ0v) is 18.0. The average molecular weight is 443 g/mol. The van der Waals surface area contributed by atoms with E-state index in [-0.39, 0.29) is 18.9 Å². The first-order chi connectivity index (χ1) is 16.0. The van der Waals surface area contributed by atoms with Gasteiger partial charge in [-0.3, -0.25) is 9.59 Å². The predicted molar refractivity (Wildman–Crippen MR) is 126 cm³/mol. The van der Waals surface area contributed by atoms with E-state index >= 15 is 0 Å². The molecule has 2 atom stereocenters. The highest BCUT2D eigenvalue weighted by Gasteiger charge is 2.24. The van der Waals surface area contributed by atoms with Gasteiger partial charge >= 0.3 is 5.97 Å². The van der Waals surface area contributed by atoms with Crippen molar-refractivity contribution in [3.8, 4) is 11.3 Å². The molecule has 0 bridgehead atoms. The summed E-state index contributed by atoms with van der Waals surface area (Å²) in [5.74, 6) is -1.34. The lowest BCUT2D eigenvalue weighted by molar-refractivity contribution is -0.142. The highest BCUT2D eigenvalue weighted by molar-refractivity contribution is 5.95. The normalized spacial score (nSPS) is 12.9. The summed E-state index contributed by atoms with van der Waals surface area (Å²) in [6, 6.07) is 25.3. The number of furan rings is 1. The minimum absolute atomic E-state index is 0.129. The van der Waals surface area contributed by atoms with Crippen molar-refractivity contribution in [2.24, 2.45) is 5.92 Å². The third kappa shape index (κ3) is 5.48. The third-order valence-electron chi connectivity index (χ3n) is 5.66. The summed E-state index contributed by atoms with van der Waals surface area (Å²) in [6.07, 6.45) is 0.457. The van der Waals surface area contributed by atoms with Crippen LogP contribution in [0.2, 0.25) is 0 Å². The van der Waals surface area contributed by atoms with Crippen LogP contribution >= 0.6 is 0 Å². The van der Waals surface area contributed by atoms with Gasteiger partial charge in [0.15, 0.2) is 0 Å². The molecule has 6 nitrogen and oxygen atoms in total. The number of hydrogen-bond donors (Lipinski definition) is 3. The van der Waals surface area contributed by atoms with Crippen LogP contribution in [0.1, 0.15) is 22.3 Å². The molecule has 4 rings (SSSR count). The Morgan fingerprint density at radius 3 is 2.27 bits per heavy atom. The van der Waals surface area contributed by atoms with Crippen molar-refractivity contribution in [1.82, 2.24) is 5.32 Å². The molecule has 0 fully saturated rings. The fourth-order valence-corrected chi connectivity index (χ4v) is 3.87. The number of benzene rings is 3. The first-order valence-corrected chi connectivity index (χ1v) is 10.8. The molecule has 1 aromatic heterocycles. The lowest BCUT2D eigenvalue weighted by atomic mass is 9.92. The van der Waals surface area contributed by atoms with Gasteiger partial charge in [0.05, 0.1) is 18.6 Å². The van der Waals surface area contributed by atoms with Gasteiger partial charge in [0.1, 0.15) is 11.3 Å². The maximum atomic E-state index is 12.7. The molecule has 0 saturated heterocycles. The van der Waals surface area contributed by atoms with Crippen molar-refractivity contribution in [2.75, 3.05) is 6.61 Å². The summed E-state index contributed by atoms with van der Waals surface area (Å²) in [6.45, 7) is -0.346. The number of carboxylic acids is 1. The summed E-state index contributed by atoms with van der Waals surface area (Å²) in [4.78, 5) is 24.5. The number of aliphatic carboxylic acids is 1. The van der Waals surface area contributed by atoms with Gasteiger partial charge in [-0.2, -0.15) is 0 Å². The minimum Gasteiger partial charge on any atom is -0.481 e. The Morgan fingerprint density at radius 2 is 1.61 bits per heavy atom. The summed E-state index contributed by atoms with van der Waals surface area (Å²) in [5.41, 5.74) is 2.95. The highest BCUT2D eigenvalue weighted by Crippen LogP contribution is 2.27. The van der Waals surface area contributed by atoms with Crippen LogP contribution in [0.3, 0.4) is 0 Å². The number of aliphatic hydroxyl groups excluding tert-OH is 1. The maximum absolute atomic E-state index is 12.7. The van der Waals surface area contributed by atoms with Gasteiger partial charge < -0.3 is 19.9 Å². The number of carbonyl (C=O) groups is 2. The molecular weight excluding hydrogens is 418 g/mol. The lowest BCUT2D eigenvalue weighted by Crippen LogP contribution is -2.40. The van der Waals surface area contributed by atoms with Crippen LogP contribution < -0.4 is 5.32 Å². The number of fused-ring (bicyclic) bond motifs is 1. The Hall–Kier alpha value is -3.90. The zero-order valence-electron chi connectivity index (χ0n) is 18.0. The first-order valence-electron chi connectivity index (χ1n) is 10.8. The third-order valence-corrected chi connectivity index (χ3v) is 5.66. The van der Waals surface area contributed by atoms with E-state index in [1.165, 1.54) is 0 Å². The Balaban J connectivity index is 1.41. The van der Waals surface area contributed by atoms with E-state index in [1.54, 1.807) is 24.3 Å². The van der Waals surface area contributed by atoms with Gasteiger partial charge in [-0.05, 0) is 42.7 Å². The zero-order chi connectivity index (χ0) is 23.2. The van der Waals surface area contributed by atoms with Gasteiger partial charge in [0.2, 0.25) is 0 Å². The van der Waals surface area contributed by atoms with Gasteiger partial charge in [-0.15, -0.1) is 0 Å². The van der Waals surface area contributed by atoms with Crippen LogP contribution in [0.15, 0.2) is 89.3 Å². The van der Waals surface area contributed by atoms with Crippen molar-refractivity contribution < 1.29 is 24.2 Å². The van der Waals surface area contributed by atoms with Crippen molar-refractivity contribution in [1.29, 1.82) is 0 Å². The van der Waals surface area contributed by atoms with Gasteiger partial charge in [-0.25, -0.2) is 0 Å². The molecule has 1 heterocycles. The molecule has 0 aliphatic heterocycles. The van der Waals surface area contributed by atoms with Crippen LogP contribution in [0.25, 0.3) is 22.3 Å². The molecule has 0 unspecified atom stereocenters. The summed E-state index contributed by atoms with van der Waals surface area (Å²) < 4.78 is 5.86. The van der Waals surface area contributed by atoms with Crippen LogP contribution in [0, 0.1) is 5.92 Å². The van der Waals surface area contributed by atoms with E-state index in [9.17, 15) is 19.8 Å². The Morgan fingerprint density at radius 1 is 0.909 bits per heavy atom. The molecule has 4 aromatic rings. The molecule has 0 saturated carbocycles. The number of hydrogen-bond acceptors (Lipinski definition) is 4. The van der Waals surface area contributed by atoms with E-state index in [1.807, 2.05) is 60.7 Å². The summed E-state index contributed by atoms with van der Waals surface area (Å²) in [5, 5.41) is 23.1. The first kappa shape index (κ1) is 22.3. The number of amides is 1. The number of aliphatic hydroxyl groups is 1. The molecule has 3 N–H and O–H groups in total. The van der Waals surface area contributed by atoms with Crippen LogP contribution in [0.5, 0.6) is 0 Å². The van der Waals surface area contributed by atoms with E-state index in [2.05, 4.69) is 5.32 Å². The topological polar surface area (TPSA) is 99.8 Å². The van der Waals surface area contributed by atoms with E-state index < -0.39 is 17.9 Å². The quantitative estimate of drug-likeness (QED) is 0.353. The minimum atomic E-state index is -0.957. The molecule has 0 radical (unpaired) electrons. The Kier molecular flexibility index (Phi) is 6.86. The summed E-state index contributed by atoms with van der Waals surface area (Å²) >= 11 is 0. The lowest BCUT2D eigenvalue weighted by Gasteiger charge is -2.21. The molecule has 6 heteroatoms. The molecule has 3 aromatic carbocycles. The fourth-order valence-electron chi connectivity index (χ4n) is 3.87. The molecule has 1 amide bonds. The van der Waals surface area contributed by atoms with Crippen LogP contribution in [-0.2, 0) is 11.2 Å². The number of carbonyl (C=O) groups excluding carboxylic acids is 1. The number of para-hydroxylation sites is 1. The predicted octanol–water partition coefficient (Wildman–Crippen LogP) is 4.52. The molecule has 0 spiro atoms. The molecular formula is C27H25NO5. The van der Waals surface area contributed by atoms with Gasteiger partial charge in [0.25, 0.3) is 5.91 Å². The maximum Gasteiger partial charge on any atom is 0.306 e. The fraction of sp³-hybridized carbons (Fsp3) is 0.185.